The van der Waals surface area contributed by atoms with Crippen molar-refractivity contribution in [3.8, 4) is 11.8 Å². The molecule has 0 saturated heterocycles. The molecule has 0 N–H and O–H groups in total. The summed E-state index contributed by atoms with van der Waals surface area (Å²) in [6.45, 7) is 0.534. The van der Waals surface area contributed by atoms with Crippen LogP contribution in [0.15, 0.2) is 29.4 Å². The lowest BCUT2D eigenvalue weighted by molar-refractivity contribution is 0.343. The predicted octanol–water partition coefficient (Wildman–Crippen LogP) is 1.25. The molecule has 0 amide bonds. The van der Waals surface area contributed by atoms with E-state index < -0.39 is 0 Å². The lowest BCUT2D eigenvalue weighted by atomic mass is 10.2. The Hall–Kier alpha value is -2.07. The van der Waals surface area contributed by atoms with E-state index in [1.807, 2.05) is 6.07 Å². The van der Waals surface area contributed by atoms with Crippen molar-refractivity contribution in [1.82, 2.24) is 20.2 Å². The Morgan fingerprint density at radius 1 is 1.50 bits per heavy atom. The van der Waals surface area contributed by atoms with Gasteiger partial charge in [0.15, 0.2) is 0 Å². The second kappa shape index (κ2) is 6.02. The van der Waals surface area contributed by atoms with Gasteiger partial charge in [-0.05, 0) is 28.6 Å². The molecule has 0 aliphatic rings. The summed E-state index contributed by atoms with van der Waals surface area (Å²) in [6.07, 6.45) is 0. The van der Waals surface area contributed by atoms with E-state index in [1.54, 1.807) is 29.9 Å². The van der Waals surface area contributed by atoms with Gasteiger partial charge in [-0.1, -0.05) is 17.8 Å². The molecular weight excluding hydrogens is 250 g/mol. The summed E-state index contributed by atoms with van der Waals surface area (Å²) in [7, 11) is 1.79. The standard InChI is InChI=1S/C11H11N5OS/c1-16-11(13-14-15-16)18-6-5-17-10-4-2-3-9(7-10)8-12/h2-4,7H,5-6H2,1H3. The number of tetrazole rings is 1. The van der Waals surface area contributed by atoms with Crippen molar-refractivity contribution in [3.63, 3.8) is 0 Å². The van der Waals surface area contributed by atoms with Crippen LogP contribution in [0.1, 0.15) is 5.56 Å². The molecule has 92 valence electrons. The van der Waals surface area contributed by atoms with Gasteiger partial charge in [-0.15, -0.1) is 5.10 Å². The lowest BCUT2D eigenvalue weighted by Crippen LogP contribution is -2.02. The van der Waals surface area contributed by atoms with Gasteiger partial charge < -0.3 is 4.74 Å². The zero-order valence-electron chi connectivity index (χ0n) is 9.78. The predicted molar refractivity (Wildman–Crippen MR) is 66.2 cm³/mol. The van der Waals surface area contributed by atoms with Gasteiger partial charge in [-0.25, -0.2) is 4.68 Å². The first-order valence-electron chi connectivity index (χ1n) is 5.27. The largest absolute Gasteiger partial charge is 0.493 e. The monoisotopic (exact) mass is 261 g/mol. The summed E-state index contributed by atoms with van der Waals surface area (Å²) in [6, 6.07) is 9.16. The minimum atomic E-state index is 0.534. The van der Waals surface area contributed by atoms with Crippen molar-refractivity contribution in [2.24, 2.45) is 7.05 Å². The van der Waals surface area contributed by atoms with Crippen LogP contribution in [0.2, 0.25) is 0 Å². The first-order chi connectivity index (χ1) is 8.79. The highest BCUT2D eigenvalue weighted by atomic mass is 32.2. The Kier molecular flexibility index (Phi) is 4.15. The Bertz CT molecular complexity index is 563. The number of aromatic nitrogens is 4. The van der Waals surface area contributed by atoms with Crippen molar-refractivity contribution < 1.29 is 4.74 Å². The normalized spacial score (nSPS) is 10.0. The van der Waals surface area contributed by atoms with Gasteiger partial charge in [0.1, 0.15) is 5.75 Å². The maximum absolute atomic E-state index is 8.75. The number of nitriles is 1. The molecule has 1 aromatic carbocycles. The van der Waals surface area contributed by atoms with Gasteiger partial charge in [0.25, 0.3) is 0 Å². The number of rotatable bonds is 5. The van der Waals surface area contributed by atoms with Crippen molar-refractivity contribution in [3.05, 3.63) is 29.8 Å². The highest BCUT2D eigenvalue weighted by Gasteiger charge is 2.02. The number of ether oxygens (including phenoxy) is 1. The Morgan fingerprint density at radius 2 is 2.39 bits per heavy atom. The van der Waals surface area contributed by atoms with E-state index in [0.717, 1.165) is 10.9 Å². The van der Waals surface area contributed by atoms with Gasteiger partial charge in [-0.2, -0.15) is 5.26 Å². The van der Waals surface area contributed by atoms with Crippen LogP contribution in [0.25, 0.3) is 0 Å². The molecule has 1 heterocycles. The van der Waals surface area contributed by atoms with Gasteiger partial charge in [0, 0.05) is 12.8 Å². The van der Waals surface area contributed by atoms with Crippen molar-refractivity contribution in [1.29, 1.82) is 5.26 Å². The summed E-state index contributed by atoms with van der Waals surface area (Å²) in [4.78, 5) is 0. The molecule has 1 aromatic heterocycles. The Balaban J connectivity index is 1.79. The third-order valence-electron chi connectivity index (χ3n) is 2.13. The molecule has 0 spiro atoms. The molecule has 0 saturated carbocycles. The summed E-state index contributed by atoms with van der Waals surface area (Å²) in [5, 5.41) is 20.6. The molecule has 0 aliphatic heterocycles. The van der Waals surface area contributed by atoms with Gasteiger partial charge >= 0.3 is 0 Å². The molecule has 0 aliphatic carbocycles. The SMILES string of the molecule is Cn1nnnc1SCCOc1cccc(C#N)c1. The first-order valence-corrected chi connectivity index (χ1v) is 6.26. The number of nitrogens with zero attached hydrogens (tertiary/aromatic N) is 5. The van der Waals surface area contributed by atoms with Crippen LogP contribution >= 0.6 is 11.8 Å². The minimum Gasteiger partial charge on any atom is -0.493 e. The Labute approximate surface area is 109 Å². The zero-order chi connectivity index (χ0) is 12.8. The second-order valence-corrected chi connectivity index (χ2v) is 4.48. The third-order valence-corrected chi connectivity index (χ3v) is 3.10. The third kappa shape index (κ3) is 3.21. The molecule has 0 bridgehead atoms. The summed E-state index contributed by atoms with van der Waals surface area (Å²) < 4.78 is 7.15. The second-order valence-electron chi connectivity index (χ2n) is 3.42. The average Bonchev–Trinajstić information content (AvgIpc) is 2.81. The minimum absolute atomic E-state index is 0.534. The van der Waals surface area contributed by atoms with E-state index in [-0.39, 0.29) is 0 Å². The fourth-order valence-corrected chi connectivity index (χ4v) is 1.96. The number of hydrogen-bond donors (Lipinski definition) is 0. The molecule has 2 rings (SSSR count). The van der Waals surface area contributed by atoms with Crippen LogP contribution in [-0.4, -0.2) is 32.6 Å². The van der Waals surface area contributed by atoms with E-state index in [2.05, 4.69) is 21.6 Å². The van der Waals surface area contributed by atoms with Gasteiger partial charge in [0.05, 0.1) is 18.2 Å². The van der Waals surface area contributed by atoms with Crippen LogP contribution in [0, 0.1) is 11.3 Å². The molecule has 0 atom stereocenters. The molecule has 0 radical (unpaired) electrons. The van der Waals surface area contributed by atoms with Crippen LogP contribution in [0.3, 0.4) is 0 Å². The maximum atomic E-state index is 8.75. The van der Waals surface area contributed by atoms with Crippen LogP contribution < -0.4 is 4.74 Å². The number of thioether (sulfide) groups is 1. The molecule has 7 heteroatoms. The molecule has 0 fully saturated rings. The highest BCUT2D eigenvalue weighted by molar-refractivity contribution is 7.99. The van der Waals surface area contributed by atoms with E-state index in [9.17, 15) is 0 Å². The summed E-state index contributed by atoms with van der Waals surface area (Å²) in [5.74, 6) is 1.44. The van der Waals surface area contributed by atoms with Gasteiger partial charge in [-0.3, -0.25) is 0 Å². The molecule has 0 unspecified atom stereocenters. The summed E-state index contributed by atoms with van der Waals surface area (Å²) >= 11 is 1.52. The van der Waals surface area contributed by atoms with Crippen molar-refractivity contribution >= 4 is 11.8 Å². The zero-order valence-corrected chi connectivity index (χ0v) is 10.6. The summed E-state index contributed by atoms with van der Waals surface area (Å²) in [5.41, 5.74) is 0.595. The van der Waals surface area contributed by atoms with E-state index >= 15 is 0 Å². The van der Waals surface area contributed by atoms with Crippen molar-refractivity contribution in [2.45, 2.75) is 5.16 Å². The fraction of sp³-hybridized carbons (Fsp3) is 0.273. The van der Waals surface area contributed by atoms with Crippen LogP contribution in [0.5, 0.6) is 5.75 Å². The quantitative estimate of drug-likeness (QED) is 0.595. The fourth-order valence-electron chi connectivity index (χ4n) is 1.29. The topological polar surface area (TPSA) is 76.6 Å². The van der Waals surface area contributed by atoms with Gasteiger partial charge in [0.2, 0.25) is 5.16 Å². The smallest absolute Gasteiger partial charge is 0.209 e. The van der Waals surface area contributed by atoms with E-state index in [4.69, 9.17) is 10.00 Å². The van der Waals surface area contributed by atoms with Crippen LogP contribution in [0.4, 0.5) is 0 Å². The molecule has 18 heavy (non-hydrogen) atoms. The number of aryl methyl sites for hydroxylation is 1. The molecule has 2 aromatic rings. The maximum Gasteiger partial charge on any atom is 0.209 e. The van der Waals surface area contributed by atoms with Crippen LogP contribution in [-0.2, 0) is 7.05 Å². The lowest BCUT2D eigenvalue weighted by Gasteiger charge is -2.05. The van der Waals surface area contributed by atoms with Crippen molar-refractivity contribution in [2.75, 3.05) is 12.4 Å². The number of hydrogen-bond acceptors (Lipinski definition) is 6. The van der Waals surface area contributed by atoms with E-state index in [0.29, 0.717) is 17.9 Å². The highest BCUT2D eigenvalue weighted by Crippen LogP contribution is 2.15. The average molecular weight is 261 g/mol. The molecule has 6 nitrogen and oxygen atoms in total. The first kappa shape index (κ1) is 12.4. The Morgan fingerprint density at radius 3 is 3.11 bits per heavy atom. The molecular formula is C11H11N5OS. The van der Waals surface area contributed by atoms with E-state index in [1.165, 1.54) is 11.8 Å². The number of benzene rings is 1.